The molecule has 0 saturated carbocycles. The first-order valence-electron chi connectivity index (χ1n) is 6.51. The van der Waals surface area contributed by atoms with Crippen molar-refractivity contribution in [3.05, 3.63) is 63.1 Å². The third kappa shape index (κ3) is 3.60. The average Bonchev–Trinajstić information content (AvgIpc) is 2.43. The Morgan fingerprint density at radius 3 is 2.62 bits per heavy atom. The van der Waals surface area contributed by atoms with Crippen LogP contribution in [0.5, 0.6) is 5.75 Å². The molecule has 0 aliphatic rings. The first-order chi connectivity index (χ1) is 9.90. The monoisotopic (exact) mass is 355 g/mol. The van der Waals surface area contributed by atoms with Crippen LogP contribution in [0.1, 0.15) is 29.7 Å². The van der Waals surface area contributed by atoms with Gasteiger partial charge < -0.3 is 10.5 Å². The van der Waals surface area contributed by atoms with Crippen molar-refractivity contribution in [2.24, 2.45) is 5.73 Å². The largest absolute Gasteiger partial charge is 0.488 e. The van der Waals surface area contributed by atoms with Crippen molar-refractivity contribution >= 4 is 15.9 Å². The minimum Gasteiger partial charge on any atom is -0.488 e. The molecule has 2 N–H and O–H groups in total. The van der Waals surface area contributed by atoms with Crippen LogP contribution in [-0.4, -0.2) is 0 Å². The topological polar surface area (TPSA) is 35.2 Å². The molecule has 0 amide bonds. The Balaban J connectivity index is 2.29. The van der Waals surface area contributed by atoms with Crippen LogP contribution in [0, 0.1) is 18.6 Å². The van der Waals surface area contributed by atoms with E-state index >= 15 is 0 Å². The van der Waals surface area contributed by atoms with Gasteiger partial charge in [-0.25, -0.2) is 8.78 Å². The van der Waals surface area contributed by atoms with E-state index < -0.39 is 11.6 Å². The summed E-state index contributed by atoms with van der Waals surface area (Å²) in [7, 11) is 0. The summed E-state index contributed by atoms with van der Waals surface area (Å²) in [6, 6.07) is 7.90. The number of ether oxygens (including phenoxy) is 1. The highest BCUT2D eigenvalue weighted by atomic mass is 79.9. The molecule has 2 aromatic carbocycles. The van der Waals surface area contributed by atoms with E-state index in [1.165, 1.54) is 12.1 Å². The number of rotatable bonds is 4. The molecule has 0 fully saturated rings. The third-order valence-corrected chi connectivity index (χ3v) is 3.78. The van der Waals surface area contributed by atoms with Gasteiger partial charge in [-0.3, -0.25) is 0 Å². The van der Waals surface area contributed by atoms with E-state index in [9.17, 15) is 8.78 Å². The summed E-state index contributed by atoms with van der Waals surface area (Å²) in [5, 5.41) is 0. The van der Waals surface area contributed by atoms with E-state index in [-0.39, 0.29) is 22.7 Å². The zero-order valence-electron chi connectivity index (χ0n) is 11.8. The van der Waals surface area contributed by atoms with Gasteiger partial charge in [0.25, 0.3) is 0 Å². The minimum atomic E-state index is -0.648. The van der Waals surface area contributed by atoms with Crippen LogP contribution < -0.4 is 10.5 Å². The van der Waals surface area contributed by atoms with Crippen molar-refractivity contribution in [2.75, 3.05) is 0 Å². The highest BCUT2D eigenvalue weighted by Gasteiger charge is 2.15. The summed E-state index contributed by atoms with van der Waals surface area (Å²) < 4.78 is 33.4. The van der Waals surface area contributed by atoms with Crippen molar-refractivity contribution in [3.8, 4) is 5.75 Å². The van der Waals surface area contributed by atoms with Crippen molar-refractivity contribution in [1.29, 1.82) is 0 Å². The molecule has 0 unspecified atom stereocenters. The molecular weight excluding hydrogens is 340 g/mol. The van der Waals surface area contributed by atoms with E-state index in [0.717, 1.165) is 11.1 Å². The lowest BCUT2D eigenvalue weighted by Gasteiger charge is -2.15. The van der Waals surface area contributed by atoms with Gasteiger partial charge >= 0.3 is 0 Å². The molecule has 112 valence electrons. The van der Waals surface area contributed by atoms with Gasteiger partial charge in [0.05, 0.1) is 10.0 Å². The van der Waals surface area contributed by atoms with Crippen molar-refractivity contribution < 1.29 is 13.5 Å². The van der Waals surface area contributed by atoms with Gasteiger partial charge in [-0.15, -0.1) is 0 Å². The lowest BCUT2D eigenvalue weighted by atomic mass is 10.1. The lowest BCUT2D eigenvalue weighted by molar-refractivity contribution is 0.288. The summed E-state index contributed by atoms with van der Waals surface area (Å²) >= 11 is 3.04. The number of hydrogen-bond donors (Lipinski definition) is 1. The molecule has 2 aromatic rings. The maximum Gasteiger partial charge on any atom is 0.146 e. The molecule has 0 spiro atoms. The van der Waals surface area contributed by atoms with Gasteiger partial charge in [0, 0.05) is 11.6 Å². The smallest absolute Gasteiger partial charge is 0.146 e. The van der Waals surface area contributed by atoms with Gasteiger partial charge in [-0.2, -0.15) is 0 Å². The number of nitrogens with two attached hydrogens (primary N) is 1. The van der Waals surface area contributed by atoms with E-state index in [1.807, 2.05) is 32.0 Å². The van der Waals surface area contributed by atoms with Gasteiger partial charge in [-0.05, 0) is 53.5 Å². The highest BCUT2D eigenvalue weighted by molar-refractivity contribution is 9.10. The van der Waals surface area contributed by atoms with Crippen LogP contribution in [0.15, 0.2) is 34.8 Å². The maximum absolute atomic E-state index is 13.9. The Bertz CT molecular complexity index is 659. The second kappa shape index (κ2) is 6.54. The third-order valence-electron chi connectivity index (χ3n) is 3.17. The Kier molecular flexibility index (Phi) is 4.96. The first kappa shape index (κ1) is 15.9. The number of halogens is 3. The molecule has 0 heterocycles. The van der Waals surface area contributed by atoms with Crippen LogP contribution in [0.2, 0.25) is 0 Å². The van der Waals surface area contributed by atoms with E-state index in [1.54, 1.807) is 0 Å². The molecule has 0 bridgehead atoms. The predicted molar refractivity (Wildman–Crippen MR) is 82.2 cm³/mol. The fourth-order valence-electron chi connectivity index (χ4n) is 1.99. The second-order valence-corrected chi connectivity index (χ2v) is 5.79. The summed E-state index contributed by atoms with van der Waals surface area (Å²) in [5.41, 5.74) is 7.56. The molecule has 0 aromatic heterocycles. The molecule has 2 rings (SSSR count). The molecule has 0 aliphatic carbocycles. The number of hydrogen-bond acceptors (Lipinski definition) is 2. The first-order valence-corrected chi connectivity index (χ1v) is 7.30. The molecular formula is C16H16BrF2NO. The van der Waals surface area contributed by atoms with Crippen LogP contribution in [0.25, 0.3) is 0 Å². The minimum absolute atomic E-state index is 0.110. The van der Waals surface area contributed by atoms with Gasteiger partial charge in [0.15, 0.2) is 0 Å². The van der Waals surface area contributed by atoms with Gasteiger partial charge in [0.2, 0.25) is 0 Å². The Labute approximate surface area is 131 Å². The van der Waals surface area contributed by atoms with Crippen LogP contribution in [-0.2, 0) is 6.61 Å². The SMILES string of the molecule is Cc1ccc([C@H](C)N)c(OCc2c(F)ccc(Br)c2F)c1. The quantitative estimate of drug-likeness (QED) is 0.811. The van der Waals surface area contributed by atoms with Crippen molar-refractivity contribution in [1.82, 2.24) is 0 Å². The summed E-state index contributed by atoms with van der Waals surface area (Å²) in [5.74, 6) is -0.737. The Morgan fingerprint density at radius 2 is 1.95 bits per heavy atom. The van der Waals surface area contributed by atoms with Gasteiger partial charge in [0.1, 0.15) is 24.0 Å². The van der Waals surface area contributed by atoms with E-state index in [0.29, 0.717) is 5.75 Å². The fraction of sp³-hybridized carbons (Fsp3) is 0.250. The highest BCUT2D eigenvalue weighted by Crippen LogP contribution is 2.28. The summed E-state index contributed by atoms with van der Waals surface area (Å²) in [6.45, 7) is 3.55. The van der Waals surface area contributed by atoms with Crippen LogP contribution in [0.3, 0.4) is 0 Å². The Hall–Kier alpha value is -1.46. The molecule has 0 radical (unpaired) electrons. The molecule has 2 nitrogen and oxygen atoms in total. The van der Waals surface area contributed by atoms with Gasteiger partial charge in [-0.1, -0.05) is 12.1 Å². The number of benzene rings is 2. The second-order valence-electron chi connectivity index (χ2n) is 4.94. The molecule has 0 saturated heterocycles. The van der Waals surface area contributed by atoms with Crippen LogP contribution >= 0.6 is 15.9 Å². The van der Waals surface area contributed by atoms with E-state index in [4.69, 9.17) is 10.5 Å². The summed E-state index contributed by atoms with van der Waals surface area (Å²) in [4.78, 5) is 0. The molecule has 5 heteroatoms. The predicted octanol–water partition coefficient (Wildman–Crippen LogP) is 4.63. The number of aryl methyl sites for hydroxylation is 1. The lowest BCUT2D eigenvalue weighted by Crippen LogP contribution is -2.09. The maximum atomic E-state index is 13.9. The van der Waals surface area contributed by atoms with Crippen molar-refractivity contribution in [3.63, 3.8) is 0 Å². The molecule has 0 aliphatic heterocycles. The van der Waals surface area contributed by atoms with Crippen LogP contribution in [0.4, 0.5) is 8.78 Å². The molecule has 1 atom stereocenters. The Morgan fingerprint density at radius 1 is 1.24 bits per heavy atom. The molecule has 21 heavy (non-hydrogen) atoms. The average molecular weight is 356 g/mol. The standard InChI is InChI=1S/C16H16BrF2NO/c1-9-3-4-11(10(2)20)15(7-9)21-8-12-14(18)6-5-13(17)16(12)19/h3-7,10H,8,20H2,1-2H3/t10-/m0/s1. The summed E-state index contributed by atoms with van der Waals surface area (Å²) in [6.07, 6.45) is 0. The zero-order chi connectivity index (χ0) is 15.6. The fourth-order valence-corrected chi connectivity index (χ4v) is 2.37. The van der Waals surface area contributed by atoms with E-state index in [2.05, 4.69) is 15.9 Å². The zero-order valence-corrected chi connectivity index (χ0v) is 13.4. The van der Waals surface area contributed by atoms with Crippen molar-refractivity contribution in [2.45, 2.75) is 26.5 Å². The normalized spacial score (nSPS) is 12.3.